The summed E-state index contributed by atoms with van der Waals surface area (Å²) in [4.78, 5) is 13.0. The molecule has 120 valence electrons. The largest absolute Gasteiger partial charge is 0.391 e. The molecule has 0 spiro atoms. The fourth-order valence-electron chi connectivity index (χ4n) is 3.11. The molecule has 0 amide bonds. The Kier molecular flexibility index (Phi) is 3.26. The van der Waals surface area contributed by atoms with Crippen molar-refractivity contribution >= 4 is 17.0 Å². The lowest BCUT2D eigenvalue weighted by Gasteiger charge is -2.42. The second-order valence-electron chi connectivity index (χ2n) is 5.97. The highest BCUT2D eigenvalue weighted by Crippen LogP contribution is 2.35. The Morgan fingerprint density at radius 3 is 2.91 bits per heavy atom. The number of nitrogens with zero attached hydrogens (tertiary/aromatic N) is 6. The molecular weight excluding hydrogens is 294 g/mol. The second kappa shape index (κ2) is 5.31. The van der Waals surface area contributed by atoms with E-state index in [1.807, 2.05) is 22.4 Å². The molecule has 2 N–H and O–H groups in total. The van der Waals surface area contributed by atoms with Crippen LogP contribution in [-0.2, 0) is 6.54 Å². The Hall–Kier alpha value is -2.48. The zero-order valence-electron chi connectivity index (χ0n) is 13.1. The fraction of sp³-hybridized carbons (Fsp3) is 0.467. The third-order valence-electron chi connectivity index (χ3n) is 4.40. The van der Waals surface area contributed by atoms with Crippen LogP contribution < -0.4 is 5.32 Å². The standard InChI is InChI=1S/C15H19N7O/c1-3-21-8-18-12-14(16-7-17-15(12)21)20-10-4-11(23)13(10)22-6-9(2)5-19-22/h5-8,10-11,13,23H,3-4H2,1-2H3,(H,16,17,20)/t10-,11+,13+/m0/s1. The van der Waals surface area contributed by atoms with Gasteiger partial charge in [0, 0.05) is 12.7 Å². The van der Waals surface area contributed by atoms with Gasteiger partial charge < -0.3 is 15.0 Å². The van der Waals surface area contributed by atoms with Crippen molar-refractivity contribution in [2.45, 2.75) is 45.0 Å². The fourth-order valence-corrected chi connectivity index (χ4v) is 3.11. The molecule has 3 atom stereocenters. The van der Waals surface area contributed by atoms with E-state index in [1.165, 1.54) is 0 Å². The Bertz CT molecular complexity index is 839. The van der Waals surface area contributed by atoms with E-state index in [-0.39, 0.29) is 12.1 Å². The van der Waals surface area contributed by atoms with Crippen LogP contribution in [0.1, 0.15) is 24.9 Å². The molecule has 3 aromatic heterocycles. The Balaban J connectivity index is 1.62. The maximum absolute atomic E-state index is 10.1. The summed E-state index contributed by atoms with van der Waals surface area (Å²) in [6, 6.07) is -0.0313. The van der Waals surface area contributed by atoms with Gasteiger partial charge in [0.2, 0.25) is 0 Å². The molecule has 0 unspecified atom stereocenters. The SMILES string of the molecule is CCn1cnc2c(N[C@H]3C[C@@H](O)[C@@H]3n3cc(C)cn3)ncnc21. The molecular formula is C15H19N7O. The number of aromatic nitrogens is 6. The molecule has 8 heteroatoms. The van der Waals surface area contributed by atoms with Crippen LogP contribution in [0.25, 0.3) is 11.2 Å². The zero-order chi connectivity index (χ0) is 16.0. The minimum Gasteiger partial charge on any atom is -0.391 e. The molecule has 0 aliphatic heterocycles. The third kappa shape index (κ3) is 2.26. The van der Waals surface area contributed by atoms with Crippen molar-refractivity contribution in [3.63, 3.8) is 0 Å². The summed E-state index contributed by atoms with van der Waals surface area (Å²) in [5.41, 5.74) is 2.65. The molecule has 8 nitrogen and oxygen atoms in total. The quantitative estimate of drug-likeness (QED) is 0.750. The van der Waals surface area contributed by atoms with Crippen molar-refractivity contribution in [2.24, 2.45) is 0 Å². The number of aliphatic hydroxyl groups excluding tert-OH is 1. The van der Waals surface area contributed by atoms with E-state index in [0.717, 1.165) is 23.3 Å². The molecule has 0 aromatic carbocycles. The number of aryl methyl sites for hydroxylation is 2. The van der Waals surface area contributed by atoms with Gasteiger partial charge in [-0.3, -0.25) is 4.68 Å². The number of imidazole rings is 1. The summed E-state index contributed by atoms with van der Waals surface area (Å²) in [6.45, 7) is 4.85. The summed E-state index contributed by atoms with van der Waals surface area (Å²) in [5.74, 6) is 0.702. The van der Waals surface area contributed by atoms with Crippen molar-refractivity contribution in [1.29, 1.82) is 0 Å². The summed E-state index contributed by atoms with van der Waals surface area (Å²) in [7, 11) is 0. The van der Waals surface area contributed by atoms with E-state index in [0.29, 0.717) is 12.2 Å². The molecule has 1 aliphatic rings. The topological polar surface area (TPSA) is 93.7 Å². The summed E-state index contributed by atoms with van der Waals surface area (Å²) < 4.78 is 3.80. The first-order valence-electron chi connectivity index (χ1n) is 7.78. The van der Waals surface area contributed by atoms with Crippen molar-refractivity contribution < 1.29 is 5.11 Å². The molecule has 3 heterocycles. The molecule has 1 fully saturated rings. The minimum atomic E-state index is -0.405. The third-order valence-corrected chi connectivity index (χ3v) is 4.40. The Morgan fingerprint density at radius 2 is 2.22 bits per heavy atom. The first-order valence-corrected chi connectivity index (χ1v) is 7.78. The van der Waals surface area contributed by atoms with Crippen LogP contribution in [0.4, 0.5) is 5.82 Å². The van der Waals surface area contributed by atoms with E-state index in [2.05, 4.69) is 32.3 Å². The number of hydrogen-bond acceptors (Lipinski definition) is 6. The van der Waals surface area contributed by atoms with Crippen LogP contribution in [0.2, 0.25) is 0 Å². The lowest BCUT2D eigenvalue weighted by Crippen LogP contribution is -2.51. The van der Waals surface area contributed by atoms with Gasteiger partial charge in [-0.1, -0.05) is 0 Å². The second-order valence-corrected chi connectivity index (χ2v) is 5.97. The normalized spacial score (nSPS) is 23.9. The van der Waals surface area contributed by atoms with Gasteiger partial charge in [0.15, 0.2) is 11.5 Å². The van der Waals surface area contributed by atoms with Gasteiger partial charge in [0.1, 0.15) is 11.8 Å². The Morgan fingerprint density at radius 1 is 1.35 bits per heavy atom. The van der Waals surface area contributed by atoms with Crippen molar-refractivity contribution in [3.05, 3.63) is 30.6 Å². The highest BCUT2D eigenvalue weighted by Gasteiger charge is 2.42. The van der Waals surface area contributed by atoms with Crippen molar-refractivity contribution in [3.8, 4) is 0 Å². The van der Waals surface area contributed by atoms with Crippen molar-refractivity contribution in [2.75, 3.05) is 5.32 Å². The molecule has 4 rings (SSSR count). The molecule has 1 aliphatic carbocycles. The van der Waals surface area contributed by atoms with Gasteiger partial charge in [-0.25, -0.2) is 15.0 Å². The van der Waals surface area contributed by atoms with Crippen LogP contribution in [0.5, 0.6) is 0 Å². The summed E-state index contributed by atoms with van der Waals surface area (Å²) >= 11 is 0. The molecule has 23 heavy (non-hydrogen) atoms. The van der Waals surface area contributed by atoms with Gasteiger partial charge in [-0.05, 0) is 25.8 Å². The van der Waals surface area contributed by atoms with Gasteiger partial charge >= 0.3 is 0 Å². The molecule has 1 saturated carbocycles. The maximum atomic E-state index is 10.1. The van der Waals surface area contributed by atoms with Crippen LogP contribution in [-0.4, -0.2) is 46.6 Å². The van der Waals surface area contributed by atoms with Crippen LogP contribution >= 0.6 is 0 Å². The maximum Gasteiger partial charge on any atom is 0.165 e. The first-order chi connectivity index (χ1) is 11.2. The average molecular weight is 313 g/mol. The molecule has 0 saturated heterocycles. The van der Waals surface area contributed by atoms with E-state index < -0.39 is 6.10 Å². The number of aliphatic hydroxyl groups is 1. The number of rotatable bonds is 4. The smallest absolute Gasteiger partial charge is 0.165 e. The van der Waals surface area contributed by atoms with Crippen LogP contribution in [0.3, 0.4) is 0 Å². The number of nitrogens with one attached hydrogen (secondary N) is 1. The lowest BCUT2D eigenvalue weighted by atomic mass is 9.83. The predicted molar refractivity (Wildman–Crippen MR) is 85.0 cm³/mol. The molecule has 0 radical (unpaired) electrons. The van der Waals surface area contributed by atoms with Crippen LogP contribution in [0, 0.1) is 6.92 Å². The summed E-state index contributed by atoms with van der Waals surface area (Å²) in [5, 5.41) is 17.8. The van der Waals surface area contributed by atoms with Crippen molar-refractivity contribution in [1.82, 2.24) is 29.3 Å². The highest BCUT2D eigenvalue weighted by molar-refractivity contribution is 5.82. The number of fused-ring (bicyclic) bond motifs is 1. The van der Waals surface area contributed by atoms with Gasteiger partial charge in [-0.15, -0.1) is 0 Å². The molecule has 0 bridgehead atoms. The number of hydrogen-bond donors (Lipinski definition) is 2. The minimum absolute atomic E-state index is 0.0641. The van der Waals surface area contributed by atoms with E-state index in [9.17, 15) is 5.11 Å². The summed E-state index contributed by atoms with van der Waals surface area (Å²) in [6.07, 6.45) is 7.31. The molecule has 3 aromatic rings. The number of anilines is 1. The predicted octanol–water partition coefficient (Wildman–Crippen LogP) is 1.14. The van der Waals surface area contributed by atoms with E-state index in [4.69, 9.17) is 0 Å². The highest BCUT2D eigenvalue weighted by atomic mass is 16.3. The zero-order valence-corrected chi connectivity index (χ0v) is 13.1. The first kappa shape index (κ1) is 14.1. The van der Waals surface area contributed by atoms with Gasteiger partial charge in [0.25, 0.3) is 0 Å². The van der Waals surface area contributed by atoms with Gasteiger partial charge in [0.05, 0.1) is 30.7 Å². The van der Waals surface area contributed by atoms with Gasteiger partial charge in [-0.2, -0.15) is 5.10 Å². The van der Waals surface area contributed by atoms with E-state index >= 15 is 0 Å². The average Bonchev–Trinajstić information content (AvgIpc) is 3.13. The van der Waals surface area contributed by atoms with Crippen LogP contribution in [0.15, 0.2) is 25.0 Å². The monoisotopic (exact) mass is 313 g/mol. The van der Waals surface area contributed by atoms with E-state index in [1.54, 1.807) is 18.9 Å². The lowest BCUT2D eigenvalue weighted by molar-refractivity contribution is 0.0133. The Labute approximate surface area is 133 Å².